The standard InChI is InChI=1S/C16H13Br2N5O4/c1-3-4-22-15(24)10(7-19)8(2)13(16(22)25)20-21-14-11(17)5-9(23(26)27)6-12(14)18/h5-6,24H,3-4H2,1-2H3. The van der Waals surface area contributed by atoms with Gasteiger partial charge in [-0.3, -0.25) is 19.5 Å². The molecule has 140 valence electrons. The topological polar surface area (TPSA) is 134 Å². The minimum Gasteiger partial charge on any atom is -0.493 e. The van der Waals surface area contributed by atoms with E-state index < -0.39 is 16.4 Å². The lowest BCUT2D eigenvalue weighted by atomic mass is 10.1. The number of rotatable bonds is 5. The Labute approximate surface area is 170 Å². The van der Waals surface area contributed by atoms with Gasteiger partial charge in [-0.15, -0.1) is 10.2 Å². The van der Waals surface area contributed by atoms with Gasteiger partial charge in [0.25, 0.3) is 11.2 Å². The molecular weight excluding hydrogens is 486 g/mol. The number of hydrogen-bond donors (Lipinski definition) is 1. The maximum absolute atomic E-state index is 12.6. The summed E-state index contributed by atoms with van der Waals surface area (Å²) in [5, 5.41) is 38.3. The summed E-state index contributed by atoms with van der Waals surface area (Å²) in [6.45, 7) is 3.53. The van der Waals surface area contributed by atoms with E-state index in [9.17, 15) is 25.3 Å². The lowest BCUT2D eigenvalue weighted by Gasteiger charge is -2.12. The van der Waals surface area contributed by atoms with E-state index >= 15 is 0 Å². The van der Waals surface area contributed by atoms with E-state index in [1.165, 1.54) is 19.1 Å². The lowest BCUT2D eigenvalue weighted by Crippen LogP contribution is -2.21. The Hall–Kier alpha value is -2.58. The number of aromatic nitrogens is 1. The van der Waals surface area contributed by atoms with Gasteiger partial charge in [-0.25, -0.2) is 0 Å². The molecule has 1 heterocycles. The zero-order valence-electron chi connectivity index (χ0n) is 14.2. The van der Waals surface area contributed by atoms with Gasteiger partial charge in [-0.2, -0.15) is 5.26 Å². The zero-order valence-corrected chi connectivity index (χ0v) is 17.4. The second-order valence-electron chi connectivity index (χ2n) is 5.46. The molecule has 0 aliphatic heterocycles. The summed E-state index contributed by atoms with van der Waals surface area (Å²) in [6, 6.07) is 4.39. The number of nitro benzene ring substituents is 1. The molecule has 1 aromatic carbocycles. The second kappa shape index (κ2) is 8.41. The number of nitriles is 1. The molecule has 1 aromatic heterocycles. The summed E-state index contributed by atoms with van der Waals surface area (Å²) < 4.78 is 1.68. The van der Waals surface area contributed by atoms with Gasteiger partial charge in [0, 0.05) is 24.2 Å². The Kier molecular flexibility index (Phi) is 6.45. The molecule has 0 aliphatic carbocycles. The first-order valence-electron chi connectivity index (χ1n) is 7.64. The average Bonchev–Trinajstić information content (AvgIpc) is 2.60. The molecule has 2 rings (SSSR count). The number of aromatic hydroxyl groups is 1. The minimum absolute atomic E-state index is 0.0566. The molecule has 0 saturated carbocycles. The van der Waals surface area contributed by atoms with Crippen molar-refractivity contribution < 1.29 is 10.0 Å². The summed E-state index contributed by atoms with van der Waals surface area (Å²) in [5.41, 5.74) is -0.429. The third-order valence-electron chi connectivity index (χ3n) is 3.68. The van der Waals surface area contributed by atoms with E-state index in [1.54, 1.807) is 0 Å². The Balaban J connectivity index is 2.65. The molecule has 27 heavy (non-hydrogen) atoms. The van der Waals surface area contributed by atoms with E-state index in [1.807, 2.05) is 13.0 Å². The summed E-state index contributed by atoms with van der Waals surface area (Å²) in [6.07, 6.45) is 0.567. The first kappa shape index (κ1) is 20.7. The van der Waals surface area contributed by atoms with Crippen molar-refractivity contribution in [3.8, 4) is 11.9 Å². The number of pyridine rings is 1. The Bertz CT molecular complexity index is 1030. The van der Waals surface area contributed by atoms with Crippen molar-refractivity contribution in [3.05, 3.63) is 52.7 Å². The lowest BCUT2D eigenvalue weighted by molar-refractivity contribution is -0.385. The van der Waals surface area contributed by atoms with Crippen LogP contribution in [0.5, 0.6) is 5.88 Å². The molecule has 11 heteroatoms. The molecule has 0 aliphatic rings. The molecule has 0 radical (unpaired) electrons. The van der Waals surface area contributed by atoms with Gasteiger partial charge in [0.2, 0.25) is 5.88 Å². The van der Waals surface area contributed by atoms with Crippen molar-refractivity contribution in [3.63, 3.8) is 0 Å². The Morgan fingerprint density at radius 1 is 1.30 bits per heavy atom. The quantitative estimate of drug-likeness (QED) is 0.352. The summed E-state index contributed by atoms with van der Waals surface area (Å²) >= 11 is 6.38. The fourth-order valence-corrected chi connectivity index (χ4v) is 3.66. The number of nitro groups is 1. The van der Waals surface area contributed by atoms with E-state index in [2.05, 4.69) is 42.1 Å². The van der Waals surface area contributed by atoms with Crippen molar-refractivity contribution in [1.82, 2.24) is 4.57 Å². The maximum atomic E-state index is 12.6. The number of azo groups is 1. The van der Waals surface area contributed by atoms with Crippen LogP contribution in [0.1, 0.15) is 24.5 Å². The minimum atomic E-state index is -0.580. The van der Waals surface area contributed by atoms with Gasteiger partial charge in [0.1, 0.15) is 17.3 Å². The van der Waals surface area contributed by atoms with E-state index in [0.29, 0.717) is 15.4 Å². The Morgan fingerprint density at radius 3 is 2.33 bits per heavy atom. The van der Waals surface area contributed by atoms with Crippen LogP contribution in [0.4, 0.5) is 17.1 Å². The third-order valence-corrected chi connectivity index (χ3v) is 4.89. The van der Waals surface area contributed by atoms with E-state index in [0.717, 1.165) is 4.57 Å². The van der Waals surface area contributed by atoms with Crippen LogP contribution in [0.25, 0.3) is 0 Å². The molecule has 0 bridgehead atoms. The highest BCUT2D eigenvalue weighted by Crippen LogP contribution is 2.38. The van der Waals surface area contributed by atoms with Crippen LogP contribution in [0.3, 0.4) is 0 Å². The highest BCUT2D eigenvalue weighted by atomic mass is 79.9. The van der Waals surface area contributed by atoms with Crippen molar-refractivity contribution in [1.29, 1.82) is 5.26 Å². The molecule has 1 N–H and O–H groups in total. The van der Waals surface area contributed by atoms with Crippen molar-refractivity contribution in [2.45, 2.75) is 26.8 Å². The normalized spacial score (nSPS) is 10.9. The van der Waals surface area contributed by atoms with Gasteiger partial charge in [0.15, 0.2) is 5.69 Å². The summed E-state index contributed by atoms with van der Waals surface area (Å²) in [7, 11) is 0. The average molecular weight is 499 g/mol. The fraction of sp³-hybridized carbons (Fsp3) is 0.250. The summed E-state index contributed by atoms with van der Waals surface area (Å²) in [4.78, 5) is 23.0. The number of hydrogen-bond acceptors (Lipinski definition) is 7. The molecule has 0 amide bonds. The van der Waals surface area contributed by atoms with Gasteiger partial charge >= 0.3 is 0 Å². The smallest absolute Gasteiger partial charge is 0.281 e. The van der Waals surface area contributed by atoms with Crippen molar-refractivity contribution >= 4 is 48.9 Å². The third kappa shape index (κ3) is 4.06. The molecule has 0 spiro atoms. The van der Waals surface area contributed by atoms with Gasteiger partial charge in [0.05, 0.1) is 13.9 Å². The molecule has 0 fully saturated rings. The van der Waals surface area contributed by atoms with Crippen LogP contribution in [0.2, 0.25) is 0 Å². The van der Waals surface area contributed by atoms with Gasteiger partial charge in [-0.05, 0) is 45.2 Å². The van der Waals surface area contributed by atoms with Gasteiger partial charge < -0.3 is 5.11 Å². The first-order chi connectivity index (χ1) is 12.7. The Morgan fingerprint density at radius 2 is 1.85 bits per heavy atom. The summed E-state index contributed by atoms with van der Waals surface area (Å²) in [5.74, 6) is -0.404. The highest BCUT2D eigenvalue weighted by Gasteiger charge is 2.19. The van der Waals surface area contributed by atoms with Crippen LogP contribution in [0, 0.1) is 28.4 Å². The maximum Gasteiger partial charge on any atom is 0.281 e. The van der Waals surface area contributed by atoms with E-state index in [-0.39, 0.29) is 34.7 Å². The second-order valence-corrected chi connectivity index (χ2v) is 7.16. The van der Waals surface area contributed by atoms with Crippen LogP contribution < -0.4 is 5.56 Å². The molecule has 2 aromatic rings. The van der Waals surface area contributed by atoms with Crippen LogP contribution in [0.15, 0.2) is 36.1 Å². The molecule has 0 atom stereocenters. The molecule has 0 saturated heterocycles. The monoisotopic (exact) mass is 497 g/mol. The molecular formula is C16H13Br2N5O4. The largest absolute Gasteiger partial charge is 0.493 e. The van der Waals surface area contributed by atoms with Crippen LogP contribution in [-0.2, 0) is 6.54 Å². The van der Waals surface area contributed by atoms with Crippen molar-refractivity contribution in [2.75, 3.05) is 0 Å². The molecule has 9 nitrogen and oxygen atoms in total. The first-order valence-corrected chi connectivity index (χ1v) is 9.23. The number of benzene rings is 1. The number of halogens is 2. The zero-order chi connectivity index (χ0) is 20.3. The fourth-order valence-electron chi connectivity index (χ4n) is 2.34. The van der Waals surface area contributed by atoms with Crippen molar-refractivity contribution in [2.24, 2.45) is 10.2 Å². The highest BCUT2D eigenvalue weighted by molar-refractivity contribution is 9.11. The SMILES string of the molecule is CCCn1c(O)c(C#N)c(C)c(N=Nc2c(Br)cc([N+](=O)[O-])cc2Br)c1=O. The van der Waals surface area contributed by atoms with E-state index in [4.69, 9.17) is 0 Å². The molecule has 0 unspecified atom stereocenters. The predicted molar refractivity (Wildman–Crippen MR) is 105 cm³/mol. The van der Waals surface area contributed by atoms with Crippen LogP contribution in [-0.4, -0.2) is 14.6 Å². The number of non-ortho nitro benzene ring substituents is 1. The van der Waals surface area contributed by atoms with Gasteiger partial charge in [-0.1, -0.05) is 6.92 Å². The van der Waals surface area contributed by atoms with Crippen LogP contribution >= 0.6 is 31.9 Å². The number of nitrogens with zero attached hydrogens (tertiary/aromatic N) is 5. The predicted octanol–water partition coefficient (Wildman–Crippen LogP) is 4.99.